The molecule has 4 N–H and O–H groups in total. The van der Waals surface area contributed by atoms with Crippen molar-refractivity contribution in [3.63, 3.8) is 0 Å². The van der Waals surface area contributed by atoms with Crippen LogP contribution in [0.2, 0.25) is 0 Å². The standard InChI is InChI=1S/C6H13N.C2H8N2/c7-6-4-2-1-3-5-6;1-4(2)3/h6H,1-5,7H2;3H2,1-2H3. The zero-order valence-corrected chi connectivity index (χ0v) is 7.71. The Labute approximate surface area is 69.7 Å². The Morgan fingerprint density at radius 3 is 1.64 bits per heavy atom. The van der Waals surface area contributed by atoms with Crippen LogP contribution in [0, 0.1) is 0 Å². The lowest BCUT2D eigenvalue weighted by molar-refractivity contribution is 0.432. The van der Waals surface area contributed by atoms with Gasteiger partial charge in [0.25, 0.3) is 0 Å². The molecular weight excluding hydrogens is 138 g/mol. The van der Waals surface area contributed by atoms with Gasteiger partial charge in [0.15, 0.2) is 0 Å². The lowest BCUT2D eigenvalue weighted by Gasteiger charge is -2.15. The van der Waals surface area contributed by atoms with Gasteiger partial charge >= 0.3 is 0 Å². The predicted molar refractivity (Wildman–Crippen MR) is 48.9 cm³/mol. The number of hydrogen-bond donors (Lipinski definition) is 2. The number of rotatable bonds is 0. The molecule has 0 amide bonds. The minimum atomic E-state index is 0.536. The van der Waals surface area contributed by atoms with Gasteiger partial charge in [-0.15, -0.1) is 0 Å². The average molecular weight is 159 g/mol. The van der Waals surface area contributed by atoms with Gasteiger partial charge in [-0.1, -0.05) is 19.3 Å². The molecule has 1 rings (SSSR count). The van der Waals surface area contributed by atoms with Crippen LogP contribution in [0.5, 0.6) is 0 Å². The summed E-state index contributed by atoms with van der Waals surface area (Å²) in [5.74, 6) is 4.94. The first kappa shape index (κ1) is 10.9. The van der Waals surface area contributed by atoms with E-state index in [0.717, 1.165) is 0 Å². The largest absolute Gasteiger partial charge is 0.328 e. The maximum absolute atomic E-state index is 5.63. The molecule has 0 radical (unpaired) electrons. The Hall–Kier alpha value is -0.120. The molecule has 68 valence electrons. The Bertz CT molecular complexity index is 74.7. The molecule has 0 unspecified atom stereocenters. The molecule has 0 aromatic heterocycles. The van der Waals surface area contributed by atoms with E-state index < -0.39 is 0 Å². The molecule has 1 fully saturated rings. The van der Waals surface area contributed by atoms with Crippen LogP contribution in [0.15, 0.2) is 0 Å². The van der Waals surface area contributed by atoms with Crippen LogP contribution in [-0.2, 0) is 0 Å². The lowest BCUT2D eigenvalue weighted by Crippen LogP contribution is -2.22. The Morgan fingerprint density at radius 1 is 1.09 bits per heavy atom. The molecule has 0 aromatic carbocycles. The quantitative estimate of drug-likeness (QED) is 0.404. The Balaban J connectivity index is 0.000000218. The number of nitrogens with two attached hydrogens (primary N) is 2. The van der Waals surface area contributed by atoms with Crippen molar-refractivity contribution < 1.29 is 0 Å². The average Bonchev–Trinajstić information content (AvgIpc) is 1.87. The summed E-state index contributed by atoms with van der Waals surface area (Å²) in [6.45, 7) is 0. The summed E-state index contributed by atoms with van der Waals surface area (Å²) in [7, 11) is 3.56. The summed E-state index contributed by atoms with van der Waals surface area (Å²) in [6, 6.07) is 0.536. The summed E-state index contributed by atoms with van der Waals surface area (Å²) < 4.78 is 0. The van der Waals surface area contributed by atoms with Crippen LogP contribution in [0.25, 0.3) is 0 Å². The zero-order valence-electron chi connectivity index (χ0n) is 7.71. The van der Waals surface area contributed by atoms with Crippen molar-refractivity contribution in [2.45, 2.75) is 38.1 Å². The number of hydrazine groups is 1. The van der Waals surface area contributed by atoms with E-state index in [9.17, 15) is 0 Å². The van der Waals surface area contributed by atoms with Gasteiger partial charge in [-0.3, -0.25) is 10.9 Å². The number of hydrogen-bond acceptors (Lipinski definition) is 3. The minimum Gasteiger partial charge on any atom is -0.328 e. The van der Waals surface area contributed by atoms with Crippen LogP contribution in [-0.4, -0.2) is 25.1 Å². The summed E-state index contributed by atoms with van der Waals surface area (Å²) in [4.78, 5) is 0. The first-order chi connectivity index (χ1) is 5.13. The van der Waals surface area contributed by atoms with Crippen LogP contribution >= 0.6 is 0 Å². The second-order valence-corrected chi connectivity index (χ2v) is 3.36. The van der Waals surface area contributed by atoms with E-state index >= 15 is 0 Å². The second kappa shape index (κ2) is 6.58. The van der Waals surface area contributed by atoms with Gasteiger partial charge in [-0.2, -0.15) is 0 Å². The van der Waals surface area contributed by atoms with Gasteiger partial charge in [-0.25, -0.2) is 0 Å². The fraction of sp³-hybridized carbons (Fsp3) is 1.00. The molecule has 0 saturated heterocycles. The maximum Gasteiger partial charge on any atom is 0.00388 e. The highest BCUT2D eigenvalue weighted by atomic mass is 15.4. The summed E-state index contributed by atoms with van der Waals surface area (Å²) >= 11 is 0. The molecule has 3 nitrogen and oxygen atoms in total. The smallest absolute Gasteiger partial charge is 0.00388 e. The molecule has 0 spiro atoms. The van der Waals surface area contributed by atoms with Crippen LogP contribution in [0.3, 0.4) is 0 Å². The van der Waals surface area contributed by atoms with E-state index in [1.165, 1.54) is 37.1 Å². The first-order valence-electron chi connectivity index (χ1n) is 4.30. The van der Waals surface area contributed by atoms with Gasteiger partial charge in [0.1, 0.15) is 0 Å². The van der Waals surface area contributed by atoms with Crippen molar-refractivity contribution in [1.29, 1.82) is 0 Å². The van der Waals surface area contributed by atoms with E-state index in [0.29, 0.717) is 6.04 Å². The summed E-state index contributed by atoms with van der Waals surface area (Å²) in [5.41, 5.74) is 5.63. The van der Waals surface area contributed by atoms with Gasteiger partial charge in [0, 0.05) is 20.1 Å². The molecule has 1 aliphatic rings. The van der Waals surface area contributed by atoms with Crippen molar-refractivity contribution >= 4 is 0 Å². The van der Waals surface area contributed by atoms with Crippen molar-refractivity contribution in [3.05, 3.63) is 0 Å². The highest BCUT2D eigenvalue weighted by molar-refractivity contribution is 4.66. The van der Waals surface area contributed by atoms with Gasteiger partial charge in [0.2, 0.25) is 0 Å². The van der Waals surface area contributed by atoms with Crippen LogP contribution < -0.4 is 11.6 Å². The SMILES string of the molecule is CN(C)N.NC1CCCCC1. The van der Waals surface area contributed by atoms with Crippen LogP contribution in [0.4, 0.5) is 0 Å². The van der Waals surface area contributed by atoms with E-state index in [4.69, 9.17) is 11.6 Å². The monoisotopic (exact) mass is 159 g/mol. The summed E-state index contributed by atoms with van der Waals surface area (Å²) in [5, 5.41) is 1.50. The Morgan fingerprint density at radius 2 is 1.45 bits per heavy atom. The van der Waals surface area contributed by atoms with Gasteiger partial charge in [0.05, 0.1) is 0 Å². The molecule has 0 atom stereocenters. The van der Waals surface area contributed by atoms with Crippen molar-refractivity contribution in [1.82, 2.24) is 5.01 Å². The third-order valence-corrected chi connectivity index (χ3v) is 1.65. The predicted octanol–water partition coefficient (Wildman–Crippen LogP) is 0.699. The normalized spacial score (nSPS) is 19.4. The van der Waals surface area contributed by atoms with E-state index in [1.807, 2.05) is 0 Å². The fourth-order valence-corrected chi connectivity index (χ4v) is 1.13. The van der Waals surface area contributed by atoms with Crippen molar-refractivity contribution in [2.24, 2.45) is 11.6 Å². The zero-order chi connectivity index (χ0) is 8.69. The fourth-order valence-electron chi connectivity index (χ4n) is 1.13. The second-order valence-electron chi connectivity index (χ2n) is 3.36. The maximum atomic E-state index is 5.63. The van der Waals surface area contributed by atoms with E-state index in [-0.39, 0.29) is 0 Å². The third-order valence-electron chi connectivity index (χ3n) is 1.65. The highest BCUT2D eigenvalue weighted by Gasteiger charge is 2.06. The van der Waals surface area contributed by atoms with Gasteiger partial charge in [-0.05, 0) is 12.8 Å². The highest BCUT2D eigenvalue weighted by Crippen LogP contribution is 2.14. The Kier molecular flexibility index (Phi) is 6.51. The topological polar surface area (TPSA) is 55.3 Å². The molecule has 11 heavy (non-hydrogen) atoms. The summed E-state index contributed by atoms with van der Waals surface area (Å²) in [6.07, 6.45) is 6.66. The molecule has 0 aliphatic heterocycles. The molecule has 3 heteroatoms. The molecule has 0 aromatic rings. The first-order valence-corrected chi connectivity index (χ1v) is 4.30. The third kappa shape index (κ3) is 9.88. The van der Waals surface area contributed by atoms with E-state index in [2.05, 4.69) is 0 Å². The molecular formula is C8H21N3. The molecule has 0 heterocycles. The molecule has 1 saturated carbocycles. The molecule has 1 aliphatic carbocycles. The van der Waals surface area contributed by atoms with Crippen LogP contribution in [0.1, 0.15) is 32.1 Å². The van der Waals surface area contributed by atoms with Crippen molar-refractivity contribution in [2.75, 3.05) is 14.1 Å². The lowest BCUT2D eigenvalue weighted by atomic mass is 9.97. The van der Waals surface area contributed by atoms with E-state index in [1.54, 1.807) is 14.1 Å². The van der Waals surface area contributed by atoms with Gasteiger partial charge < -0.3 is 5.73 Å². The minimum absolute atomic E-state index is 0.536. The number of nitrogens with zero attached hydrogens (tertiary/aromatic N) is 1. The van der Waals surface area contributed by atoms with Crippen molar-refractivity contribution in [3.8, 4) is 0 Å². The molecule has 0 bridgehead atoms.